The number of carbonyl (C=O) groups excluding carboxylic acids is 1. The highest BCUT2D eigenvalue weighted by molar-refractivity contribution is 5.91. The summed E-state index contributed by atoms with van der Waals surface area (Å²) in [6.07, 6.45) is 3.02. The number of hydrogen-bond acceptors (Lipinski definition) is 2. The van der Waals surface area contributed by atoms with Crippen LogP contribution in [-0.4, -0.2) is 27.8 Å². The zero-order valence-corrected chi connectivity index (χ0v) is 8.97. The van der Waals surface area contributed by atoms with Crippen molar-refractivity contribution in [2.45, 2.75) is 6.54 Å². The van der Waals surface area contributed by atoms with E-state index in [0.717, 1.165) is 5.56 Å². The van der Waals surface area contributed by atoms with E-state index in [0.29, 0.717) is 12.2 Å². The van der Waals surface area contributed by atoms with Crippen molar-refractivity contribution in [1.82, 2.24) is 14.9 Å². The van der Waals surface area contributed by atoms with Gasteiger partial charge >= 0.3 is 0 Å². The Labute approximate surface area is 93.9 Å². The highest BCUT2D eigenvalue weighted by Crippen LogP contribution is 2.05. The number of imidazole rings is 1. The molecule has 1 N–H and O–H groups in total. The standard InChI is InChI=1S/C12H12N3O/c1-15(8-10-5-3-2-4-6-10)12(16)11-7-13-9-14-11/h3-7,9H,8H2,1H3,(H,13,14). The van der Waals surface area contributed by atoms with Gasteiger partial charge in [-0.1, -0.05) is 24.3 Å². The van der Waals surface area contributed by atoms with Gasteiger partial charge in [0, 0.05) is 13.6 Å². The molecular weight excluding hydrogens is 202 g/mol. The number of aromatic nitrogens is 2. The largest absolute Gasteiger partial charge is 0.341 e. The molecule has 0 unspecified atom stereocenters. The number of benzene rings is 1. The maximum atomic E-state index is 11.9. The number of hydrogen-bond donors (Lipinski definition) is 1. The summed E-state index contributed by atoms with van der Waals surface area (Å²) in [6.45, 7) is 0.576. The van der Waals surface area contributed by atoms with Gasteiger partial charge in [0.1, 0.15) is 5.69 Å². The van der Waals surface area contributed by atoms with Crippen LogP contribution in [0.4, 0.5) is 0 Å². The molecule has 2 aromatic rings. The number of H-pyrrole nitrogens is 1. The number of nitrogens with zero attached hydrogens (tertiary/aromatic N) is 2. The van der Waals surface area contributed by atoms with Gasteiger partial charge in [-0.3, -0.25) is 4.79 Å². The Morgan fingerprint density at radius 2 is 2.25 bits per heavy atom. The molecule has 0 fully saturated rings. The molecule has 1 radical (unpaired) electrons. The second-order valence-electron chi connectivity index (χ2n) is 3.53. The first-order valence-electron chi connectivity index (χ1n) is 4.96. The molecule has 0 atom stereocenters. The van der Waals surface area contributed by atoms with Crippen molar-refractivity contribution in [2.75, 3.05) is 7.05 Å². The van der Waals surface area contributed by atoms with E-state index in [1.54, 1.807) is 11.9 Å². The Hall–Kier alpha value is -2.10. The van der Waals surface area contributed by atoms with Gasteiger partial charge in [0.05, 0.1) is 12.5 Å². The van der Waals surface area contributed by atoms with E-state index in [-0.39, 0.29) is 5.91 Å². The summed E-state index contributed by atoms with van der Waals surface area (Å²) in [5.41, 5.74) is 1.58. The summed E-state index contributed by atoms with van der Waals surface area (Å²) in [4.78, 5) is 20.1. The molecule has 0 aliphatic carbocycles. The molecule has 81 valence electrons. The summed E-state index contributed by atoms with van der Waals surface area (Å²) in [6, 6.07) is 10.5. The molecule has 0 saturated heterocycles. The summed E-state index contributed by atoms with van der Waals surface area (Å²) < 4.78 is 0. The fourth-order valence-corrected chi connectivity index (χ4v) is 1.45. The van der Waals surface area contributed by atoms with Crippen molar-refractivity contribution in [2.24, 2.45) is 0 Å². The molecule has 1 aromatic carbocycles. The second kappa shape index (κ2) is 4.61. The van der Waals surface area contributed by atoms with Crippen LogP contribution in [0.2, 0.25) is 0 Å². The van der Waals surface area contributed by atoms with E-state index in [9.17, 15) is 4.79 Å². The van der Waals surface area contributed by atoms with E-state index in [1.807, 2.05) is 24.3 Å². The first-order valence-corrected chi connectivity index (χ1v) is 4.96. The van der Waals surface area contributed by atoms with Gasteiger partial charge in [-0.05, 0) is 11.6 Å². The number of amides is 1. The molecule has 2 rings (SSSR count). The Morgan fingerprint density at radius 1 is 1.50 bits per heavy atom. The van der Waals surface area contributed by atoms with Gasteiger partial charge in [0.15, 0.2) is 0 Å². The van der Waals surface area contributed by atoms with Crippen LogP contribution in [-0.2, 0) is 6.54 Å². The van der Waals surface area contributed by atoms with Crippen LogP contribution in [0.3, 0.4) is 0 Å². The average molecular weight is 214 g/mol. The fraction of sp³-hybridized carbons (Fsp3) is 0.167. The Morgan fingerprint density at radius 3 is 2.88 bits per heavy atom. The minimum atomic E-state index is -0.0645. The van der Waals surface area contributed by atoms with Gasteiger partial charge in [-0.15, -0.1) is 0 Å². The maximum absolute atomic E-state index is 11.9. The van der Waals surface area contributed by atoms with E-state index in [2.05, 4.69) is 16.0 Å². The molecule has 0 saturated carbocycles. The quantitative estimate of drug-likeness (QED) is 0.841. The lowest BCUT2D eigenvalue weighted by Gasteiger charge is -2.15. The zero-order valence-electron chi connectivity index (χ0n) is 8.97. The van der Waals surface area contributed by atoms with Crippen LogP contribution >= 0.6 is 0 Å². The van der Waals surface area contributed by atoms with Crippen LogP contribution in [0.5, 0.6) is 0 Å². The van der Waals surface area contributed by atoms with Crippen molar-refractivity contribution >= 4 is 5.91 Å². The molecule has 1 heterocycles. The molecule has 0 aliphatic heterocycles. The number of rotatable bonds is 3. The summed E-state index contributed by atoms with van der Waals surface area (Å²) in [7, 11) is 1.76. The lowest BCUT2D eigenvalue weighted by atomic mass is 10.2. The van der Waals surface area contributed by atoms with E-state index >= 15 is 0 Å². The number of aromatic amines is 1. The molecule has 0 spiro atoms. The summed E-state index contributed by atoms with van der Waals surface area (Å²) in [5, 5.41) is 0. The van der Waals surface area contributed by atoms with Gasteiger partial charge in [-0.25, -0.2) is 4.98 Å². The van der Waals surface area contributed by atoms with E-state index in [4.69, 9.17) is 0 Å². The summed E-state index contributed by atoms with van der Waals surface area (Å²) >= 11 is 0. The summed E-state index contributed by atoms with van der Waals surface area (Å²) in [5.74, 6) is -0.0645. The number of carbonyl (C=O) groups is 1. The van der Waals surface area contributed by atoms with Gasteiger partial charge in [0.2, 0.25) is 0 Å². The highest BCUT2D eigenvalue weighted by atomic mass is 16.2. The lowest BCUT2D eigenvalue weighted by molar-refractivity contribution is 0.0780. The number of nitrogens with one attached hydrogen (secondary N) is 1. The van der Waals surface area contributed by atoms with Gasteiger partial charge < -0.3 is 9.88 Å². The van der Waals surface area contributed by atoms with Crippen molar-refractivity contribution in [3.05, 3.63) is 54.1 Å². The van der Waals surface area contributed by atoms with Crippen LogP contribution in [0.25, 0.3) is 0 Å². The predicted molar refractivity (Wildman–Crippen MR) is 59.7 cm³/mol. The lowest BCUT2D eigenvalue weighted by Crippen LogP contribution is -2.26. The first-order chi connectivity index (χ1) is 7.77. The monoisotopic (exact) mass is 214 g/mol. The predicted octanol–water partition coefficient (Wildman–Crippen LogP) is 1.48. The third kappa shape index (κ3) is 2.28. The molecule has 1 amide bonds. The van der Waals surface area contributed by atoms with E-state index in [1.165, 1.54) is 12.5 Å². The Balaban J connectivity index is 2.04. The fourth-order valence-electron chi connectivity index (χ4n) is 1.45. The SMILES string of the molecule is CN(Cc1cc[c]cc1)C(=O)c1cnc[nH]1. The minimum absolute atomic E-state index is 0.0645. The van der Waals surface area contributed by atoms with Crippen LogP contribution in [0.1, 0.15) is 16.1 Å². The van der Waals surface area contributed by atoms with Crippen molar-refractivity contribution < 1.29 is 4.79 Å². The van der Waals surface area contributed by atoms with Crippen LogP contribution in [0.15, 0.2) is 36.8 Å². The molecule has 1 aromatic heterocycles. The maximum Gasteiger partial charge on any atom is 0.271 e. The first kappa shape index (κ1) is 10.4. The smallest absolute Gasteiger partial charge is 0.271 e. The normalized spacial score (nSPS) is 10.1. The van der Waals surface area contributed by atoms with Crippen LogP contribution in [0, 0.1) is 6.07 Å². The van der Waals surface area contributed by atoms with Crippen LogP contribution < -0.4 is 0 Å². The Bertz CT molecular complexity index is 450. The molecule has 0 aliphatic rings. The molecular formula is C12H12N3O. The topological polar surface area (TPSA) is 49.0 Å². The second-order valence-corrected chi connectivity index (χ2v) is 3.53. The van der Waals surface area contributed by atoms with Crippen molar-refractivity contribution in [3.8, 4) is 0 Å². The average Bonchev–Trinajstić information content (AvgIpc) is 2.83. The highest BCUT2D eigenvalue weighted by Gasteiger charge is 2.12. The minimum Gasteiger partial charge on any atom is -0.341 e. The van der Waals surface area contributed by atoms with E-state index < -0.39 is 0 Å². The third-order valence-electron chi connectivity index (χ3n) is 2.28. The third-order valence-corrected chi connectivity index (χ3v) is 2.28. The Kier molecular flexibility index (Phi) is 3.00. The van der Waals surface area contributed by atoms with Gasteiger partial charge in [0.25, 0.3) is 5.91 Å². The van der Waals surface area contributed by atoms with Crippen molar-refractivity contribution in [1.29, 1.82) is 0 Å². The molecule has 0 bridgehead atoms. The zero-order chi connectivity index (χ0) is 11.4. The molecule has 16 heavy (non-hydrogen) atoms. The van der Waals surface area contributed by atoms with Crippen molar-refractivity contribution in [3.63, 3.8) is 0 Å². The van der Waals surface area contributed by atoms with Gasteiger partial charge in [-0.2, -0.15) is 0 Å². The molecule has 4 heteroatoms. The molecule has 4 nitrogen and oxygen atoms in total.